The van der Waals surface area contributed by atoms with Crippen LogP contribution >= 0.6 is 12.2 Å². The molecule has 3 aromatic rings. The zero-order chi connectivity index (χ0) is 28.0. The van der Waals surface area contributed by atoms with Crippen molar-refractivity contribution < 1.29 is 19.1 Å². The van der Waals surface area contributed by atoms with Crippen LogP contribution < -0.4 is 26.2 Å². The van der Waals surface area contributed by atoms with E-state index in [2.05, 4.69) is 28.4 Å². The van der Waals surface area contributed by atoms with Crippen molar-refractivity contribution in [3.8, 4) is 5.75 Å². The number of nitrogens with one attached hydrogen (secondary N) is 4. The summed E-state index contributed by atoms with van der Waals surface area (Å²) in [5.41, 5.74) is 7.72. The normalized spacial score (nSPS) is 10.3. The molecule has 0 bridgehead atoms. The summed E-state index contributed by atoms with van der Waals surface area (Å²) in [6.45, 7) is 4.70. The molecule has 0 radical (unpaired) electrons. The predicted octanol–water partition coefficient (Wildman–Crippen LogP) is 5.55. The highest BCUT2D eigenvalue weighted by Gasteiger charge is 2.12. The number of hydrazine groups is 1. The van der Waals surface area contributed by atoms with Crippen LogP contribution in [0, 0.1) is 6.92 Å². The molecule has 39 heavy (non-hydrogen) atoms. The summed E-state index contributed by atoms with van der Waals surface area (Å²) in [7, 11) is 0. The monoisotopic (exact) mass is 546 g/mol. The van der Waals surface area contributed by atoms with Gasteiger partial charge in [0, 0.05) is 22.4 Å². The molecule has 3 amide bonds. The van der Waals surface area contributed by atoms with Crippen LogP contribution in [0.5, 0.6) is 5.75 Å². The van der Waals surface area contributed by atoms with Gasteiger partial charge in [0.15, 0.2) is 5.11 Å². The van der Waals surface area contributed by atoms with Gasteiger partial charge in [0.1, 0.15) is 5.75 Å². The van der Waals surface area contributed by atoms with Crippen LogP contribution in [-0.4, -0.2) is 29.4 Å². The molecule has 0 spiro atoms. The number of benzene rings is 3. The van der Waals surface area contributed by atoms with Gasteiger partial charge in [-0.25, -0.2) is 0 Å². The Labute approximate surface area is 234 Å². The lowest BCUT2D eigenvalue weighted by Gasteiger charge is -2.12. The lowest BCUT2D eigenvalue weighted by Crippen LogP contribution is -2.48. The number of thiocarbonyl (C=S) groups is 1. The topological polar surface area (TPSA) is 109 Å². The van der Waals surface area contributed by atoms with Gasteiger partial charge < -0.3 is 10.1 Å². The summed E-state index contributed by atoms with van der Waals surface area (Å²) in [4.78, 5) is 37.4. The van der Waals surface area contributed by atoms with Crippen molar-refractivity contribution in [1.82, 2.24) is 16.2 Å². The number of carbonyl (C=O) groups is 3. The number of ether oxygens (including phenoxy) is 1. The molecule has 0 fully saturated rings. The van der Waals surface area contributed by atoms with Gasteiger partial charge in [-0.1, -0.05) is 50.8 Å². The second kappa shape index (κ2) is 15.2. The van der Waals surface area contributed by atoms with E-state index in [1.165, 1.54) is 19.3 Å². The van der Waals surface area contributed by atoms with E-state index < -0.39 is 11.8 Å². The fourth-order valence-electron chi connectivity index (χ4n) is 3.72. The van der Waals surface area contributed by atoms with Crippen LogP contribution in [0.3, 0.4) is 0 Å². The Morgan fingerprint density at radius 3 is 2.08 bits per heavy atom. The number of hydrogen-bond donors (Lipinski definition) is 4. The van der Waals surface area contributed by atoms with Crippen molar-refractivity contribution in [3.63, 3.8) is 0 Å². The first kappa shape index (κ1) is 29.3. The van der Waals surface area contributed by atoms with Gasteiger partial charge in [0.2, 0.25) is 0 Å². The number of aryl methyl sites for hydroxylation is 1. The molecule has 0 heterocycles. The van der Waals surface area contributed by atoms with Crippen molar-refractivity contribution in [2.24, 2.45) is 0 Å². The Morgan fingerprint density at radius 2 is 1.38 bits per heavy atom. The SMILES string of the molecule is CCCCCCCOc1ccc(C(=O)NC(=S)NNC(=O)c2ccc(NC(=O)c3ccccc3C)cc2)cc1. The van der Waals surface area contributed by atoms with E-state index >= 15 is 0 Å². The van der Waals surface area contributed by atoms with Gasteiger partial charge in [0.05, 0.1) is 6.61 Å². The molecule has 4 N–H and O–H groups in total. The second-order valence-corrected chi connectivity index (χ2v) is 9.40. The number of anilines is 1. The summed E-state index contributed by atoms with van der Waals surface area (Å²) < 4.78 is 5.72. The summed E-state index contributed by atoms with van der Waals surface area (Å²) in [6.07, 6.45) is 5.82. The van der Waals surface area contributed by atoms with Gasteiger partial charge in [-0.05, 0) is 85.7 Å². The zero-order valence-corrected chi connectivity index (χ0v) is 23.0. The number of hydrogen-bond acceptors (Lipinski definition) is 5. The molecule has 3 rings (SSSR count). The molecular weight excluding hydrogens is 512 g/mol. The third-order valence-corrected chi connectivity index (χ3v) is 6.15. The van der Waals surface area contributed by atoms with Crippen LogP contribution in [0.4, 0.5) is 5.69 Å². The largest absolute Gasteiger partial charge is 0.494 e. The second-order valence-electron chi connectivity index (χ2n) is 9.00. The minimum absolute atomic E-state index is 0.0529. The standard InChI is InChI=1S/C30H34N4O4S/c1-3-4-5-6-9-20-38-25-18-14-22(15-19-25)27(35)32-30(39)34-33-28(36)23-12-16-24(17-13-23)31-29(37)26-11-8-7-10-21(26)2/h7-8,10-19H,3-6,9,20H2,1-2H3,(H,31,37)(H,33,36)(H2,32,34,35,39). The Hall–Kier alpha value is -4.24. The molecule has 0 aliphatic heterocycles. The Bertz CT molecular complexity index is 1280. The average Bonchev–Trinajstić information content (AvgIpc) is 2.94. The summed E-state index contributed by atoms with van der Waals surface area (Å²) in [6, 6.07) is 20.5. The van der Waals surface area contributed by atoms with Crippen molar-refractivity contribution >= 4 is 40.7 Å². The van der Waals surface area contributed by atoms with E-state index in [4.69, 9.17) is 17.0 Å². The molecule has 3 aromatic carbocycles. The molecule has 0 aromatic heterocycles. The van der Waals surface area contributed by atoms with Gasteiger partial charge in [-0.2, -0.15) is 0 Å². The van der Waals surface area contributed by atoms with E-state index in [9.17, 15) is 14.4 Å². The van der Waals surface area contributed by atoms with E-state index in [1.54, 1.807) is 60.7 Å². The van der Waals surface area contributed by atoms with Gasteiger partial charge >= 0.3 is 0 Å². The first-order valence-electron chi connectivity index (χ1n) is 13.0. The molecular formula is C30H34N4O4S. The van der Waals surface area contributed by atoms with E-state index in [1.807, 2.05) is 19.1 Å². The van der Waals surface area contributed by atoms with Crippen LogP contribution in [0.2, 0.25) is 0 Å². The van der Waals surface area contributed by atoms with E-state index in [0.29, 0.717) is 34.7 Å². The zero-order valence-electron chi connectivity index (χ0n) is 22.2. The van der Waals surface area contributed by atoms with Crippen LogP contribution in [0.25, 0.3) is 0 Å². The molecule has 0 aliphatic rings. The fourth-order valence-corrected chi connectivity index (χ4v) is 3.87. The average molecular weight is 547 g/mol. The number of carbonyl (C=O) groups excluding carboxylic acids is 3. The first-order valence-corrected chi connectivity index (χ1v) is 13.4. The Balaban J connectivity index is 1.40. The van der Waals surface area contributed by atoms with Gasteiger partial charge in [-0.3, -0.25) is 30.6 Å². The van der Waals surface area contributed by atoms with Crippen LogP contribution in [0.15, 0.2) is 72.8 Å². The quantitative estimate of drug-likeness (QED) is 0.143. The maximum absolute atomic E-state index is 12.5. The molecule has 0 unspecified atom stereocenters. The van der Waals surface area contributed by atoms with Crippen molar-refractivity contribution in [3.05, 3.63) is 95.1 Å². The summed E-state index contributed by atoms with van der Waals surface area (Å²) >= 11 is 5.12. The molecule has 0 atom stereocenters. The predicted molar refractivity (Wildman–Crippen MR) is 157 cm³/mol. The molecule has 0 aliphatic carbocycles. The van der Waals surface area contributed by atoms with Gasteiger partial charge in [0.25, 0.3) is 17.7 Å². The maximum atomic E-state index is 12.5. The van der Waals surface area contributed by atoms with Crippen molar-refractivity contribution in [2.45, 2.75) is 46.0 Å². The Morgan fingerprint density at radius 1 is 0.744 bits per heavy atom. The van der Waals surface area contributed by atoms with Crippen molar-refractivity contribution in [2.75, 3.05) is 11.9 Å². The smallest absolute Gasteiger partial charge is 0.269 e. The molecule has 0 saturated carbocycles. The highest BCUT2D eigenvalue weighted by atomic mass is 32.1. The summed E-state index contributed by atoms with van der Waals surface area (Å²) in [5.74, 6) is -0.398. The number of amides is 3. The molecule has 8 nitrogen and oxygen atoms in total. The lowest BCUT2D eigenvalue weighted by atomic mass is 10.1. The third-order valence-electron chi connectivity index (χ3n) is 5.94. The number of rotatable bonds is 11. The number of unbranched alkanes of at least 4 members (excludes halogenated alkanes) is 4. The van der Waals surface area contributed by atoms with Crippen LogP contribution in [0.1, 0.15) is 75.7 Å². The highest BCUT2D eigenvalue weighted by molar-refractivity contribution is 7.80. The van der Waals surface area contributed by atoms with Gasteiger partial charge in [-0.15, -0.1) is 0 Å². The first-order chi connectivity index (χ1) is 18.9. The minimum Gasteiger partial charge on any atom is -0.494 e. The fraction of sp³-hybridized carbons (Fsp3) is 0.267. The van der Waals surface area contributed by atoms with E-state index in [-0.39, 0.29) is 11.0 Å². The molecule has 0 saturated heterocycles. The van der Waals surface area contributed by atoms with Crippen molar-refractivity contribution in [1.29, 1.82) is 0 Å². The minimum atomic E-state index is -0.459. The molecule has 9 heteroatoms. The van der Waals surface area contributed by atoms with E-state index in [0.717, 1.165) is 18.4 Å². The van der Waals surface area contributed by atoms with Crippen LogP contribution in [-0.2, 0) is 0 Å². The maximum Gasteiger partial charge on any atom is 0.269 e. The highest BCUT2D eigenvalue weighted by Crippen LogP contribution is 2.15. The Kier molecular flexibility index (Phi) is 11.5. The third kappa shape index (κ3) is 9.54. The molecule has 204 valence electrons. The lowest BCUT2D eigenvalue weighted by molar-refractivity contribution is 0.0934. The summed E-state index contributed by atoms with van der Waals surface area (Å²) in [5, 5.41) is 5.28.